The van der Waals surface area contributed by atoms with Crippen molar-refractivity contribution in [2.75, 3.05) is 18.6 Å². The summed E-state index contributed by atoms with van der Waals surface area (Å²) in [6.45, 7) is 4.94. The van der Waals surface area contributed by atoms with Crippen molar-refractivity contribution in [1.82, 2.24) is 0 Å². The Balaban J connectivity index is 2.25. The van der Waals surface area contributed by atoms with Crippen LogP contribution in [0.2, 0.25) is 0 Å². The largest absolute Gasteiger partial charge is 0.376 e. The van der Waals surface area contributed by atoms with E-state index in [1.807, 2.05) is 6.07 Å². The summed E-state index contributed by atoms with van der Waals surface area (Å²) in [5.74, 6) is -0.198. The van der Waals surface area contributed by atoms with Crippen LogP contribution < -0.4 is 10.6 Å². The maximum absolute atomic E-state index is 13.5. The number of likely N-dealkylation sites (N-methyl/N-ethyl adjacent to an activating group) is 1. The summed E-state index contributed by atoms with van der Waals surface area (Å²) in [6.07, 6.45) is 2.81. The molecule has 0 bridgehead atoms. The molecule has 0 spiro atoms. The van der Waals surface area contributed by atoms with Crippen LogP contribution in [0.5, 0.6) is 0 Å². The van der Waals surface area contributed by atoms with E-state index in [-0.39, 0.29) is 18.0 Å². The van der Waals surface area contributed by atoms with Crippen LogP contribution in [0.4, 0.5) is 10.1 Å². The molecule has 0 radical (unpaired) electrons. The molecule has 2 N–H and O–H groups in total. The Hall–Kier alpha value is -1.13. The predicted octanol–water partition coefficient (Wildman–Crippen LogP) is 2.72. The summed E-state index contributed by atoms with van der Waals surface area (Å²) >= 11 is 0. The molecule has 1 aromatic rings. The summed E-state index contributed by atoms with van der Waals surface area (Å²) in [4.78, 5) is 2.22. The molecular formula is C16H25FN2O. The standard InChI is InChI=1S/C16H25FN2O/c1-4-14(18)10-12-9-13(17)5-6-16(12)19(3)15-7-8-20-11(15)2/h5-6,9,11,14-15H,4,7-8,10,18H2,1-3H3. The van der Waals surface area contributed by atoms with Crippen molar-refractivity contribution in [2.45, 2.75) is 51.3 Å². The molecular weight excluding hydrogens is 255 g/mol. The molecule has 112 valence electrons. The molecule has 1 aliphatic heterocycles. The van der Waals surface area contributed by atoms with Crippen LogP contribution in [-0.2, 0) is 11.2 Å². The van der Waals surface area contributed by atoms with Crippen LogP contribution in [0, 0.1) is 5.82 Å². The maximum atomic E-state index is 13.5. The molecule has 1 heterocycles. The van der Waals surface area contributed by atoms with Crippen molar-refractivity contribution in [1.29, 1.82) is 0 Å². The number of hydrogen-bond acceptors (Lipinski definition) is 3. The Morgan fingerprint density at radius 1 is 1.50 bits per heavy atom. The van der Waals surface area contributed by atoms with Crippen LogP contribution in [0.15, 0.2) is 18.2 Å². The van der Waals surface area contributed by atoms with Crippen molar-refractivity contribution >= 4 is 5.69 Å². The lowest BCUT2D eigenvalue weighted by atomic mass is 10.0. The summed E-state index contributed by atoms with van der Waals surface area (Å²) in [5.41, 5.74) is 8.09. The molecule has 0 aromatic heterocycles. The summed E-state index contributed by atoms with van der Waals surface area (Å²) in [7, 11) is 2.06. The second kappa shape index (κ2) is 6.55. The van der Waals surface area contributed by atoms with Crippen molar-refractivity contribution in [3.8, 4) is 0 Å². The maximum Gasteiger partial charge on any atom is 0.123 e. The van der Waals surface area contributed by atoms with E-state index in [0.29, 0.717) is 12.5 Å². The van der Waals surface area contributed by atoms with Gasteiger partial charge >= 0.3 is 0 Å². The Morgan fingerprint density at radius 2 is 2.25 bits per heavy atom. The summed E-state index contributed by atoms with van der Waals surface area (Å²) in [6, 6.07) is 5.41. The van der Waals surface area contributed by atoms with Gasteiger partial charge in [0.1, 0.15) is 5.82 Å². The first-order valence-corrected chi connectivity index (χ1v) is 7.41. The number of nitrogens with two attached hydrogens (primary N) is 1. The van der Waals surface area contributed by atoms with Gasteiger partial charge in [-0.25, -0.2) is 4.39 Å². The smallest absolute Gasteiger partial charge is 0.123 e. The topological polar surface area (TPSA) is 38.5 Å². The molecule has 20 heavy (non-hydrogen) atoms. The van der Waals surface area contributed by atoms with Crippen molar-refractivity contribution < 1.29 is 9.13 Å². The zero-order valence-electron chi connectivity index (χ0n) is 12.6. The van der Waals surface area contributed by atoms with Crippen LogP contribution in [0.25, 0.3) is 0 Å². The van der Waals surface area contributed by atoms with Gasteiger partial charge in [-0.3, -0.25) is 0 Å². The highest BCUT2D eigenvalue weighted by molar-refractivity contribution is 5.54. The minimum atomic E-state index is -0.198. The van der Waals surface area contributed by atoms with Gasteiger partial charge in [0.05, 0.1) is 12.1 Å². The number of nitrogens with zero attached hydrogens (tertiary/aromatic N) is 1. The molecule has 1 fully saturated rings. The molecule has 3 unspecified atom stereocenters. The lowest BCUT2D eigenvalue weighted by Crippen LogP contribution is -2.37. The number of halogens is 1. The average Bonchev–Trinajstić information content (AvgIpc) is 2.84. The summed E-state index contributed by atoms with van der Waals surface area (Å²) < 4.78 is 19.2. The van der Waals surface area contributed by atoms with E-state index < -0.39 is 0 Å². The minimum absolute atomic E-state index is 0.0706. The van der Waals surface area contributed by atoms with Gasteiger partial charge in [0.15, 0.2) is 0 Å². The van der Waals surface area contributed by atoms with Crippen molar-refractivity contribution in [2.24, 2.45) is 5.73 Å². The SMILES string of the molecule is CCC(N)Cc1cc(F)ccc1N(C)C1CCOC1C. The molecule has 3 atom stereocenters. The molecule has 0 saturated carbocycles. The average molecular weight is 280 g/mol. The minimum Gasteiger partial charge on any atom is -0.376 e. The highest BCUT2D eigenvalue weighted by Gasteiger charge is 2.29. The van der Waals surface area contributed by atoms with E-state index in [1.165, 1.54) is 6.07 Å². The second-order valence-corrected chi connectivity index (χ2v) is 5.69. The molecule has 1 saturated heterocycles. The van der Waals surface area contributed by atoms with Crippen LogP contribution in [0.1, 0.15) is 32.3 Å². The van der Waals surface area contributed by atoms with Crippen LogP contribution in [-0.4, -0.2) is 31.8 Å². The molecule has 1 aliphatic rings. The predicted molar refractivity (Wildman–Crippen MR) is 80.6 cm³/mol. The highest BCUT2D eigenvalue weighted by atomic mass is 19.1. The molecule has 0 amide bonds. The van der Waals surface area contributed by atoms with E-state index in [1.54, 1.807) is 6.07 Å². The second-order valence-electron chi connectivity index (χ2n) is 5.69. The lowest BCUT2D eigenvalue weighted by molar-refractivity contribution is 0.118. The van der Waals surface area contributed by atoms with Gasteiger partial charge in [0, 0.05) is 25.4 Å². The van der Waals surface area contributed by atoms with Gasteiger partial charge in [0.2, 0.25) is 0 Å². The number of ether oxygens (including phenoxy) is 1. The van der Waals surface area contributed by atoms with E-state index >= 15 is 0 Å². The Bertz CT molecular complexity index is 452. The molecule has 2 rings (SSSR count). The monoisotopic (exact) mass is 280 g/mol. The first-order valence-electron chi connectivity index (χ1n) is 7.41. The third-order valence-electron chi connectivity index (χ3n) is 4.26. The first-order chi connectivity index (χ1) is 9.52. The summed E-state index contributed by atoms with van der Waals surface area (Å²) in [5, 5.41) is 0. The third kappa shape index (κ3) is 3.30. The van der Waals surface area contributed by atoms with Gasteiger partial charge < -0.3 is 15.4 Å². The highest BCUT2D eigenvalue weighted by Crippen LogP contribution is 2.28. The lowest BCUT2D eigenvalue weighted by Gasteiger charge is -2.31. The Morgan fingerprint density at radius 3 is 2.85 bits per heavy atom. The fraction of sp³-hybridized carbons (Fsp3) is 0.625. The van der Waals surface area contributed by atoms with Crippen molar-refractivity contribution in [3.05, 3.63) is 29.6 Å². The van der Waals surface area contributed by atoms with Gasteiger partial charge in [-0.1, -0.05) is 6.92 Å². The van der Waals surface area contributed by atoms with Gasteiger partial charge in [0.25, 0.3) is 0 Å². The number of anilines is 1. The van der Waals surface area contributed by atoms with Gasteiger partial charge in [-0.2, -0.15) is 0 Å². The van der Waals surface area contributed by atoms with E-state index in [9.17, 15) is 4.39 Å². The molecule has 1 aromatic carbocycles. The fourth-order valence-electron chi connectivity index (χ4n) is 2.90. The zero-order valence-corrected chi connectivity index (χ0v) is 12.6. The molecule has 4 heteroatoms. The first kappa shape index (κ1) is 15.3. The Labute approximate surface area is 120 Å². The van der Waals surface area contributed by atoms with Crippen LogP contribution in [0.3, 0.4) is 0 Å². The van der Waals surface area contributed by atoms with E-state index in [4.69, 9.17) is 10.5 Å². The fourth-order valence-corrected chi connectivity index (χ4v) is 2.90. The van der Waals surface area contributed by atoms with Crippen LogP contribution >= 0.6 is 0 Å². The number of rotatable bonds is 5. The van der Waals surface area contributed by atoms with Crippen molar-refractivity contribution in [3.63, 3.8) is 0 Å². The normalized spacial score (nSPS) is 23.9. The van der Waals surface area contributed by atoms with Gasteiger partial charge in [-0.15, -0.1) is 0 Å². The van der Waals surface area contributed by atoms with E-state index in [0.717, 1.165) is 30.7 Å². The number of benzene rings is 1. The Kier molecular flexibility index (Phi) is 5.00. The number of hydrogen-bond donors (Lipinski definition) is 1. The van der Waals surface area contributed by atoms with Gasteiger partial charge in [-0.05, 0) is 49.9 Å². The quantitative estimate of drug-likeness (QED) is 0.901. The zero-order chi connectivity index (χ0) is 14.7. The molecule has 3 nitrogen and oxygen atoms in total. The third-order valence-corrected chi connectivity index (χ3v) is 4.26. The van der Waals surface area contributed by atoms with E-state index in [2.05, 4.69) is 25.8 Å². The molecule has 0 aliphatic carbocycles.